The number of benzene rings is 1. The van der Waals surface area contributed by atoms with Crippen LogP contribution in [0.1, 0.15) is 10.4 Å². The van der Waals surface area contributed by atoms with Gasteiger partial charge in [0.15, 0.2) is 4.77 Å². The summed E-state index contributed by atoms with van der Waals surface area (Å²) < 4.78 is 2.12. The van der Waals surface area contributed by atoms with E-state index in [1.54, 1.807) is 16.7 Å². The molecule has 0 aliphatic rings. The monoisotopic (exact) mass is 221 g/mol. The number of aromatic nitrogens is 3. The standard InChI is InChI=1S/C9H7N3O2S/c13-8(14)6-1-3-7(4-2-6)12-5-10-11-9(12)15/h1-5H,(H,11,15)(H,13,14). The summed E-state index contributed by atoms with van der Waals surface area (Å²) in [5.74, 6) is -0.947. The molecular weight excluding hydrogens is 214 g/mol. The van der Waals surface area contributed by atoms with Crippen LogP contribution in [0.15, 0.2) is 30.6 Å². The summed E-state index contributed by atoms with van der Waals surface area (Å²) in [6.45, 7) is 0. The Morgan fingerprint density at radius 2 is 2.07 bits per heavy atom. The van der Waals surface area contributed by atoms with Gasteiger partial charge in [-0.3, -0.25) is 9.67 Å². The minimum absolute atomic E-state index is 0.244. The van der Waals surface area contributed by atoms with Gasteiger partial charge in [-0.2, -0.15) is 5.10 Å². The summed E-state index contributed by atoms with van der Waals surface area (Å²) in [5, 5.41) is 15.1. The van der Waals surface area contributed by atoms with Crippen molar-refractivity contribution < 1.29 is 9.90 Å². The van der Waals surface area contributed by atoms with Gasteiger partial charge in [0.2, 0.25) is 0 Å². The number of nitrogens with zero attached hydrogens (tertiary/aromatic N) is 2. The molecule has 0 fully saturated rings. The van der Waals surface area contributed by atoms with E-state index in [0.717, 1.165) is 5.69 Å². The van der Waals surface area contributed by atoms with E-state index < -0.39 is 5.97 Å². The largest absolute Gasteiger partial charge is 0.478 e. The summed E-state index contributed by atoms with van der Waals surface area (Å²) in [4.78, 5) is 10.6. The molecule has 0 bridgehead atoms. The van der Waals surface area contributed by atoms with E-state index in [0.29, 0.717) is 4.77 Å². The fourth-order valence-corrected chi connectivity index (χ4v) is 1.40. The summed E-state index contributed by atoms with van der Waals surface area (Å²) in [6.07, 6.45) is 1.54. The topological polar surface area (TPSA) is 70.9 Å². The first-order valence-electron chi connectivity index (χ1n) is 4.14. The third-order valence-corrected chi connectivity index (χ3v) is 2.23. The van der Waals surface area contributed by atoms with Crippen LogP contribution in [0.2, 0.25) is 0 Å². The molecule has 6 heteroatoms. The molecule has 5 nitrogen and oxygen atoms in total. The molecule has 0 atom stereocenters. The molecule has 0 spiro atoms. The number of carboxylic acids is 1. The van der Waals surface area contributed by atoms with Crippen LogP contribution >= 0.6 is 12.2 Å². The number of aromatic carboxylic acids is 1. The lowest BCUT2D eigenvalue weighted by molar-refractivity contribution is 0.0697. The van der Waals surface area contributed by atoms with Crippen LogP contribution in [0.4, 0.5) is 0 Å². The van der Waals surface area contributed by atoms with Crippen molar-refractivity contribution in [2.45, 2.75) is 0 Å². The molecule has 0 unspecified atom stereocenters. The maximum atomic E-state index is 10.6. The lowest BCUT2D eigenvalue weighted by Crippen LogP contribution is -1.97. The van der Waals surface area contributed by atoms with E-state index in [4.69, 9.17) is 17.3 Å². The lowest BCUT2D eigenvalue weighted by Gasteiger charge is -2.01. The fourth-order valence-electron chi connectivity index (χ4n) is 1.20. The number of aromatic amines is 1. The number of hydrogen-bond acceptors (Lipinski definition) is 3. The molecule has 1 aromatic carbocycles. The second kappa shape index (κ2) is 3.66. The highest BCUT2D eigenvalue weighted by Crippen LogP contribution is 2.09. The van der Waals surface area contributed by atoms with Crippen molar-refractivity contribution in [3.05, 3.63) is 40.9 Å². The number of hydrogen-bond donors (Lipinski definition) is 2. The molecule has 15 heavy (non-hydrogen) atoms. The molecule has 1 heterocycles. The van der Waals surface area contributed by atoms with Gasteiger partial charge < -0.3 is 5.11 Å². The molecule has 2 aromatic rings. The van der Waals surface area contributed by atoms with Crippen molar-refractivity contribution in [3.8, 4) is 5.69 Å². The number of rotatable bonds is 2. The predicted octanol–water partition coefficient (Wildman–Crippen LogP) is 1.63. The van der Waals surface area contributed by atoms with Gasteiger partial charge in [0.05, 0.1) is 5.56 Å². The van der Waals surface area contributed by atoms with Crippen LogP contribution < -0.4 is 0 Å². The first-order valence-corrected chi connectivity index (χ1v) is 4.55. The molecule has 2 N–H and O–H groups in total. The minimum Gasteiger partial charge on any atom is -0.478 e. The highest BCUT2D eigenvalue weighted by molar-refractivity contribution is 7.71. The number of H-pyrrole nitrogens is 1. The number of carboxylic acid groups (broad SMARTS) is 1. The van der Waals surface area contributed by atoms with Gasteiger partial charge in [0.1, 0.15) is 6.33 Å². The molecule has 0 aliphatic carbocycles. The normalized spacial score (nSPS) is 10.1. The van der Waals surface area contributed by atoms with Crippen molar-refractivity contribution in [1.29, 1.82) is 0 Å². The highest BCUT2D eigenvalue weighted by Gasteiger charge is 2.03. The van der Waals surface area contributed by atoms with Crippen LogP contribution in [0.5, 0.6) is 0 Å². The van der Waals surface area contributed by atoms with Crippen molar-refractivity contribution in [2.24, 2.45) is 0 Å². The Balaban J connectivity index is 2.44. The average Bonchev–Trinajstić information content (AvgIpc) is 2.65. The van der Waals surface area contributed by atoms with Crippen molar-refractivity contribution in [3.63, 3.8) is 0 Å². The van der Waals surface area contributed by atoms with E-state index in [2.05, 4.69) is 10.2 Å². The molecule has 1 aromatic heterocycles. The van der Waals surface area contributed by atoms with Crippen LogP contribution in [0.3, 0.4) is 0 Å². The maximum absolute atomic E-state index is 10.6. The highest BCUT2D eigenvalue weighted by atomic mass is 32.1. The van der Waals surface area contributed by atoms with E-state index in [9.17, 15) is 4.79 Å². The van der Waals surface area contributed by atoms with Crippen LogP contribution in [-0.4, -0.2) is 25.8 Å². The van der Waals surface area contributed by atoms with Gasteiger partial charge in [-0.05, 0) is 36.5 Å². The molecule has 0 amide bonds. The SMILES string of the molecule is O=C(O)c1ccc(-n2cn[nH]c2=S)cc1. The van der Waals surface area contributed by atoms with E-state index in [-0.39, 0.29) is 5.56 Å². The maximum Gasteiger partial charge on any atom is 0.335 e. The quantitative estimate of drug-likeness (QED) is 0.756. The fraction of sp³-hybridized carbons (Fsp3) is 0. The van der Waals surface area contributed by atoms with Gasteiger partial charge in [-0.25, -0.2) is 4.79 Å². The van der Waals surface area contributed by atoms with Crippen molar-refractivity contribution in [1.82, 2.24) is 14.8 Å². The van der Waals surface area contributed by atoms with Crippen molar-refractivity contribution in [2.75, 3.05) is 0 Å². The summed E-state index contributed by atoms with van der Waals surface area (Å²) in [7, 11) is 0. The van der Waals surface area contributed by atoms with Gasteiger partial charge in [-0.1, -0.05) is 0 Å². The minimum atomic E-state index is -0.947. The molecule has 0 saturated heterocycles. The number of carbonyl (C=O) groups is 1. The predicted molar refractivity (Wildman–Crippen MR) is 55.7 cm³/mol. The zero-order valence-corrected chi connectivity index (χ0v) is 8.36. The smallest absolute Gasteiger partial charge is 0.335 e. The van der Waals surface area contributed by atoms with Gasteiger partial charge >= 0.3 is 5.97 Å². The molecule has 0 saturated carbocycles. The molecule has 0 radical (unpaired) electrons. The Morgan fingerprint density at radius 1 is 1.40 bits per heavy atom. The van der Waals surface area contributed by atoms with Gasteiger partial charge in [0.25, 0.3) is 0 Å². The second-order valence-electron chi connectivity index (χ2n) is 2.88. The Hall–Kier alpha value is -1.95. The average molecular weight is 221 g/mol. The molecule has 0 aliphatic heterocycles. The Labute approximate surface area is 90.0 Å². The van der Waals surface area contributed by atoms with Gasteiger partial charge in [-0.15, -0.1) is 0 Å². The van der Waals surface area contributed by atoms with E-state index in [1.165, 1.54) is 18.5 Å². The third-order valence-electron chi connectivity index (χ3n) is 1.94. The van der Waals surface area contributed by atoms with Crippen LogP contribution in [0.25, 0.3) is 5.69 Å². The van der Waals surface area contributed by atoms with Gasteiger partial charge in [0, 0.05) is 5.69 Å². The zero-order chi connectivity index (χ0) is 10.8. The zero-order valence-electron chi connectivity index (χ0n) is 7.54. The Bertz CT molecular complexity index is 541. The lowest BCUT2D eigenvalue weighted by atomic mass is 10.2. The Kier molecular flexibility index (Phi) is 2.34. The van der Waals surface area contributed by atoms with E-state index in [1.807, 2.05) is 0 Å². The van der Waals surface area contributed by atoms with E-state index >= 15 is 0 Å². The van der Waals surface area contributed by atoms with Crippen LogP contribution in [0, 0.1) is 4.77 Å². The second-order valence-corrected chi connectivity index (χ2v) is 3.27. The summed E-state index contributed by atoms with van der Waals surface area (Å²) in [6, 6.07) is 6.39. The van der Waals surface area contributed by atoms with Crippen molar-refractivity contribution >= 4 is 18.2 Å². The first-order chi connectivity index (χ1) is 7.18. The Morgan fingerprint density at radius 3 is 2.53 bits per heavy atom. The molecule has 76 valence electrons. The summed E-state index contributed by atoms with van der Waals surface area (Å²) >= 11 is 4.98. The molecule has 2 rings (SSSR count). The first kappa shape index (κ1) is 9.60. The van der Waals surface area contributed by atoms with Crippen LogP contribution in [-0.2, 0) is 0 Å². The summed E-state index contributed by atoms with van der Waals surface area (Å²) in [5.41, 5.74) is 1.02. The third kappa shape index (κ3) is 1.79. The molecular formula is C9H7N3O2S. The number of nitrogens with one attached hydrogen (secondary N) is 1.